The molecule has 0 aromatic heterocycles. The SMILES string of the molecule is CC1CC2(C1)CN(C(=O)CN1CCC(OC3CCC3)CC1)C2. The first-order chi connectivity index (χ1) is 10.6. The van der Waals surface area contributed by atoms with Crippen molar-refractivity contribution >= 4 is 5.91 Å². The smallest absolute Gasteiger partial charge is 0.236 e. The molecule has 4 fully saturated rings. The quantitative estimate of drug-likeness (QED) is 0.799. The molecule has 0 bridgehead atoms. The normalized spacial score (nSPS) is 30.0. The van der Waals surface area contributed by atoms with Crippen LogP contribution in [0.4, 0.5) is 0 Å². The third kappa shape index (κ3) is 2.92. The highest BCUT2D eigenvalue weighted by Gasteiger charge is 2.52. The molecule has 1 spiro atoms. The lowest BCUT2D eigenvalue weighted by molar-refractivity contribution is -0.156. The topological polar surface area (TPSA) is 32.8 Å². The van der Waals surface area contributed by atoms with Gasteiger partial charge in [0.15, 0.2) is 0 Å². The van der Waals surface area contributed by atoms with Crippen LogP contribution in [0.25, 0.3) is 0 Å². The van der Waals surface area contributed by atoms with E-state index in [1.165, 1.54) is 32.1 Å². The first-order valence-electron chi connectivity index (χ1n) is 9.27. The maximum Gasteiger partial charge on any atom is 0.236 e. The summed E-state index contributed by atoms with van der Waals surface area (Å²) >= 11 is 0. The van der Waals surface area contributed by atoms with E-state index in [9.17, 15) is 4.79 Å². The first-order valence-corrected chi connectivity index (χ1v) is 9.27. The van der Waals surface area contributed by atoms with E-state index in [0.717, 1.165) is 44.9 Å². The Labute approximate surface area is 134 Å². The number of carbonyl (C=O) groups excluding carboxylic acids is 1. The predicted octanol–water partition coefficient (Wildman–Crippen LogP) is 2.28. The third-order valence-corrected chi connectivity index (χ3v) is 6.30. The van der Waals surface area contributed by atoms with E-state index in [4.69, 9.17) is 4.74 Å². The molecule has 2 heterocycles. The molecule has 0 radical (unpaired) electrons. The molecule has 2 aliphatic carbocycles. The van der Waals surface area contributed by atoms with Crippen LogP contribution in [0.1, 0.15) is 51.9 Å². The van der Waals surface area contributed by atoms with Gasteiger partial charge in [-0.3, -0.25) is 9.69 Å². The number of piperidine rings is 1. The molecular formula is C18H30N2O2. The molecule has 0 unspecified atom stereocenters. The predicted molar refractivity (Wildman–Crippen MR) is 85.6 cm³/mol. The highest BCUT2D eigenvalue weighted by atomic mass is 16.5. The van der Waals surface area contributed by atoms with Crippen molar-refractivity contribution in [2.24, 2.45) is 11.3 Å². The largest absolute Gasteiger partial charge is 0.375 e. The minimum atomic E-state index is 0.350. The first kappa shape index (κ1) is 14.9. The minimum absolute atomic E-state index is 0.350. The second-order valence-electron chi connectivity index (χ2n) is 8.43. The van der Waals surface area contributed by atoms with Crippen LogP contribution in [0, 0.1) is 11.3 Å². The van der Waals surface area contributed by atoms with Gasteiger partial charge in [-0.1, -0.05) is 6.92 Å². The molecule has 4 nitrogen and oxygen atoms in total. The average molecular weight is 306 g/mol. The fourth-order valence-electron chi connectivity index (χ4n) is 4.89. The number of rotatable bonds is 4. The highest BCUT2D eigenvalue weighted by molar-refractivity contribution is 5.79. The monoisotopic (exact) mass is 306 g/mol. The lowest BCUT2D eigenvalue weighted by Gasteiger charge is -2.58. The Morgan fingerprint density at radius 1 is 1.09 bits per heavy atom. The molecule has 4 aliphatic rings. The van der Waals surface area contributed by atoms with Crippen LogP contribution in [0.3, 0.4) is 0 Å². The zero-order chi connectivity index (χ0) is 15.2. The Bertz CT molecular complexity index is 413. The number of carbonyl (C=O) groups is 1. The van der Waals surface area contributed by atoms with Crippen molar-refractivity contribution < 1.29 is 9.53 Å². The van der Waals surface area contributed by atoms with Gasteiger partial charge in [-0.25, -0.2) is 0 Å². The number of ether oxygens (including phenoxy) is 1. The summed E-state index contributed by atoms with van der Waals surface area (Å²) in [7, 11) is 0. The molecule has 0 aromatic rings. The van der Waals surface area contributed by atoms with Gasteiger partial charge in [-0.2, -0.15) is 0 Å². The van der Waals surface area contributed by atoms with Gasteiger partial charge >= 0.3 is 0 Å². The van der Waals surface area contributed by atoms with E-state index < -0.39 is 0 Å². The molecule has 2 saturated carbocycles. The van der Waals surface area contributed by atoms with Crippen LogP contribution in [0.2, 0.25) is 0 Å². The number of likely N-dealkylation sites (tertiary alicyclic amines) is 2. The molecule has 22 heavy (non-hydrogen) atoms. The van der Waals surface area contributed by atoms with Gasteiger partial charge in [0.1, 0.15) is 0 Å². The van der Waals surface area contributed by atoms with Crippen molar-refractivity contribution in [3.8, 4) is 0 Å². The fourth-order valence-corrected chi connectivity index (χ4v) is 4.89. The second-order valence-corrected chi connectivity index (χ2v) is 8.43. The molecule has 2 saturated heterocycles. The van der Waals surface area contributed by atoms with Crippen LogP contribution in [0.15, 0.2) is 0 Å². The molecule has 4 rings (SSSR count). The molecule has 0 N–H and O–H groups in total. The van der Waals surface area contributed by atoms with Crippen LogP contribution < -0.4 is 0 Å². The molecule has 124 valence electrons. The lowest BCUT2D eigenvalue weighted by Crippen LogP contribution is -2.64. The Morgan fingerprint density at radius 3 is 2.27 bits per heavy atom. The lowest BCUT2D eigenvalue weighted by atomic mass is 9.58. The van der Waals surface area contributed by atoms with E-state index in [2.05, 4.69) is 16.7 Å². The van der Waals surface area contributed by atoms with Crippen molar-refractivity contribution in [2.75, 3.05) is 32.7 Å². The number of nitrogens with zero attached hydrogens (tertiary/aromatic N) is 2. The molecule has 0 atom stereocenters. The van der Waals surface area contributed by atoms with Gasteiger partial charge in [-0.05, 0) is 50.9 Å². The van der Waals surface area contributed by atoms with Gasteiger partial charge in [0.25, 0.3) is 0 Å². The Hall–Kier alpha value is -0.610. The van der Waals surface area contributed by atoms with E-state index in [-0.39, 0.29) is 0 Å². The van der Waals surface area contributed by atoms with Crippen LogP contribution in [-0.2, 0) is 9.53 Å². The highest BCUT2D eigenvalue weighted by Crippen LogP contribution is 2.51. The van der Waals surface area contributed by atoms with Gasteiger partial charge < -0.3 is 9.64 Å². The van der Waals surface area contributed by atoms with Crippen molar-refractivity contribution in [3.05, 3.63) is 0 Å². The summed E-state index contributed by atoms with van der Waals surface area (Å²) in [5.41, 5.74) is 0.526. The molecule has 0 aromatic carbocycles. The summed E-state index contributed by atoms with van der Waals surface area (Å²) in [5.74, 6) is 1.23. The Kier molecular flexibility index (Phi) is 3.93. The van der Waals surface area contributed by atoms with Gasteiger partial charge in [0.2, 0.25) is 5.91 Å². The zero-order valence-corrected chi connectivity index (χ0v) is 13.9. The Balaban J connectivity index is 1.15. The van der Waals surface area contributed by atoms with E-state index in [0.29, 0.717) is 30.1 Å². The molecular weight excluding hydrogens is 276 g/mol. The summed E-state index contributed by atoms with van der Waals surface area (Å²) in [6, 6.07) is 0. The fraction of sp³-hybridized carbons (Fsp3) is 0.944. The van der Waals surface area contributed by atoms with Gasteiger partial charge in [-0.15, -0.1) is 0 Å². The summed E-state index contributed by atoms with van der Waals surface area (Å²) in [6.07, 6.45) is 9.72. The number of hydrogen-bond donors (Lipinski definition) is 0. The Morgan fingerprint density at radius 2 is 1.73 bits per heavy atom. The summed E-state index contributed by atoms with van der Waals surface area (Å²) in [5, 5.41) is 0. The van der Waals surface area contributed by atoms with Crippen molar-refractivity contribution in [3.63, 3.8) is 0 Å². The average Bonchev–Trinajstić information content (AvgIpc) is 2.38. The van der Waals surface area contributed by atoms with Crippen LogP contribution >= 0.6 is 0 Å². The third-order valence-electron chi connectivity index (χ3n) is 6.30. The number of hydrogen-bond acceptors (Lipinski definition) is 3. The van der Waals surface area contributed by atoms with Crippen LogP contribution in [-0.4, -0.2) is 60.6 Å². The summed E-state index contributed by atoms with van der Waals surface area (Å²) < 4.78 is 6.10. The minimum Gasteiger partial charge on any atom is -0.375 e. The van der Waals surface area contributed by atoms with E-state index >= 15 is 0 Å². The number of amides is 1. The molecule has 4 heteroatoms. The van der Waals surface area contributed by atoms with Crippen molar-refractivity contribution in [1.82, 2.24) is 9.80 Å². The van der Waals surface area contributed by atoms with Crippen molar-refractivity contribution in [2.45, 2.75) is 64.1 Å². The molecule has 2 aliphatic heterocycles. The van der Waals surface area contributed by atoms with E-state index in [1.807, 2.05) is 0 Å². The van der Waals surface area contributed by atoms with Gasteiger partial charge in [0.05, 0.1) is 18.8 Å². The van der Waals surface area contributed by atoms with E-state index in [1.54, 1.807) is 0 Å². The zero-order valence-electron chi connectivity index (χ0n) is 13.9. The second kappa shape index (κ2) is 5.79. The molecule has 1 amide bonds. The summed E-state index contributed by atoms with van der Waals surface area (Å²) in [4.78, 5) is 16.8. The maximum absolute atomic E-state index is 12.4. The van der Waals surface area contributed by atoms with Crippen LogP contribution in [0.5, 0.6) is 0 Å². The van der Waals surface area contributed by atoms with Gasteiger partial charge in [0, 0.05) is 31.6 Å². The standard InChI is InChI=1S/C18H30N2O2/c1-14-9-18(10-14)12-20(13-18)17(21)11-19-7-5-16(6-8-19)22-15-3-2-4-15/h14-16H,2-13H2,1H3. The maximum atomic E-state index is 12.4. The van der Waals surface area contributed by atoms with Crippen molar-refractivity contribution in [1.29, 1.82) is 0 Å². The summed E-state index contributed by atoms with van der Waals surface area (Å²) in [6.45, 7) is 7.06.